The second-order valence-corrected chi connectivity index (χ2v) is 10.2. The smallest absolute Gasteiger partial charge is 0.264 e. The third kappa shape index (κ3) is 5.03. The number of benzene rings is 3. The standard InChI is InChI=1S/C26H29N3O3S/c1-21-13-14-24(19-22(21)2)29(33(31,32)25-11-7-4-8-12-25)20-26(30)28-17-15-27(16-18-28)23-9-5-3-6-10-23/h3-14,19H,15-18,20H2,1-2H3. The van der Waals surface area contributed by atoms with Gasteiger partial charge in [0.15, 0.2) is 0 Å². The molecule has 0 N–H and O–H groups in total. The van der Waals surface area contributed by atoms with Gasteiger partial charge >= 0.3 is 0 Å². The molecule has 0 spiro atoms. The summed E-state index contributed by atoms with van der Waals surface area (Å²) < 4.78 is 28.3. The predicted molar refractivity (Wildman–Crippen MR) is 132 cm³/mol. The molecule has 1 fully saturated rings. The van der Waals surface area contributed by atoms with E-state index in [1.54, 1.807) is 41.3 Å². The number of hydrogen-bond donors (Lipinski definition) is 0. The van der Waals surface area contributed by atoms with E-state index >= 15 is 0 Å². The molecular formula is C26H29N3O3S. The molecule has 1 saturated heterocycles. The van der Waals surface area contributed by atoms with Crippen molar-refractivity contribution in [1.29, 1.82) is 0 Å². The van der Waals surface area contributed by atoms with Gasteiger partial charge in [0.1, 0.15) is 6.54 Å². The van der Waals surface area contributed by atoms with Gasteiger partial charge in [0.05, 0.1) is 10.6 Å². The minimum Gasteiger partial charge on any atom is -0.368 e. The van der Waals surface area contributed by atoms with Crippen LogP contribution in [-0.2, 0) is 14.8 Å². The minimum atomic E-state index is -3.90. The number of piperazine rings is 1. The lowest BCUT2D eigenvalue weighted by Crippen LogP contribution is -2.52. The predicted octanol–water partition coefficient (Wildman–Crippen LogP) is 3.85. The number of amides is 1. The van der Waals surface area contributed by atoms with E-state index in [2.05, 4.69) is 17.0 Å². The molecule has 0 aromatic heterocycles. The average molecular weight is 464 g/mol. The lowest BCUT2D eigenvalue weighted by atomic mass is 10.1. The Balaban J connectivity index is 1.55. The Morgan fingerprint density at radius 1 is 0.818 bits per heavy atom. The van der Waals surface area contributed by atoms with Crippen LogP contribution in [0.1, 0.15) is 11.1 Å². The van der Waals surface area contributed by atoms with Crippen LogP contribution in [-0.4, -0.2) is 51.9 Å². The average Bonchev–Trinajstić information content (AvgIpc) is 2.85. The highest BCUT2D eigenvalue weighted by atomic mass is 32.2. The Bertz CT molecular complexity index is 1210. The zero-order valence-corrected chi connectivity index (χ0v) is 19.8. The van der Waals surface area contributed by atoms with Crippen LogP contribution in [0, 0.1) is 13.8 Å². The molecule has 33 heavy (non-hydrogen) atoms. The monoisotopic (exact) mass is 463 g/mol. The van der Waals surface area contributed by atoms with Crippen molar-refractivity contribution in [3.8, 4) is 0 Å². The van der Waals surface area contributed by atoms with Crippen molar-refractivity contribution in [2.75, 3.05) is 41.9 Å². The van der Waals surface area contributed by atoms with E-state index in [0.29, 0.717) is 31.9 Å². The number of carbonyl (C=O) groups is 1. The topological polar surface area (TPSA) is 60.9 Å². The van der Waals surface area contributed by atoms with Gasteiger partial charge in [-0.25, -0.2) is 8.42 Å². The summed E-state index contributed by atoms with van der Waals surface area (Å²) in [7, 11) is -3.90. The summed E-state index contributed by atoms with van der Waals surface area (Å²) in [6.07, 6.45) is 0. The van der Waals surface area contributed by atoms with E-state index in [1.165, 1.54) is 4.31 Å². The maximum absolute atomic E-state index is 13.5. The van der Waals surface area contributed by atoms with Gasteiger partial charge in [0.2, 0.25) is 5.91 Å². The molecule has 1 aliphatic heterocycles. The van der Waals surface area contributed by atoms with Crippen LogP contribution in [0.2, 0.25) is 0 Å². The number of carbonyl (C=O) groups excluding carboxylic acids is 1. The van der Waals surface area contributed by atoms with E-state index in [-0.39, 0.29) is 17.3 Å². The van der Waals surface area contributed by atoms with E-state index in [9.17, 15) is 13.2 Å². The first-order valence-corrected chi connectivity index (χ1v) is 12.5. The highest BCUT2D eigenvalue weighted by molar-refractivity contribution is 7.92. The fourth-order valence-electron chi connectivity index (χ4n) is 3.99. The molecular weight excluding hydrogens is 434 g/mol. The van der Waals surface area contributed by atoms with Crippen LogP contribution in [0.5, 0.6) is 0 Å². The van der Waals surface area contributed by atoms with Gasteiger partial charge < -0.3 is 9.80 Å². The van der Waals surface area contributed by atoms with Gasteiger partial charge in [-0.15, -0.1) is 0 Å². The molecule has 0 atom stereocenters. The van der Waals surface area contributed by atoms with Gasteiger partial charge in [-0.05, 0) is 61.4 Å². The third-order valence-corrected chi connectivity index (χ3v) is 7.93. The van der Waals surface area contributed by atoms with Crippen LogP contribution < -0.4 is 9.21 Å². The minimum absolute atomic E-state index is 0.171. The van der Waals surface area contributed by atoms with Crippen molar-refractivity contribution in [1.82, 2.24) is 4.90 Å². The number of para-hydroxylation sites is 1. The molecule has 1 heterocycles. The van der Waals surface area contributed by atoms with Crippen LogP contribution >= 0.6 is 0 Å². The molecule has 3 aromatic rings. The Morgan fingerprint density at radius 3 is 2.03 bits per heavy atom. The lowest BCUT2D eigenvalue weighted by molar-refractivity contribution is -0.129. The molecule has 1 amide bonds. The zero-order chi connectivity index (χ0) is 23.4. The maximum atomic E-state index is 13.5. The van der Waals surface area contributed by atoms with Gasteiger partial charge in [0, 0.05) is 31.9 Å². The summed E-state index contributed by atoms with van der Waals surface area (Å²) in [6, 6.07) is 23.9. The molecule has 0 unspecified atom stereocenters. The number of nitrogens with zero attached hydrogens (tertiary/aromatic N) is 3. The Hall–Kier alpha value is -3.32. The Morgan fingerprint density at radius 2 is 1.42 bits per heavy atom. The molecule has 7 heteroatoms. The van der Waals surface area contributed by atoms with Crippen molar-refractivity contribution >= 4 is 27.3 Å². The fourth-order valence-corrected chi connectivity index (χ4v) is 5.42. The molecule has 0 aliphatic carbocycles. The van der Waals surface area contributed by atoms with Crippen LogP contribution in [0.15, 0.2) is 83.8 Å². The maximum Gasteiger partial charge on any atom is 0.264 e. The second kappa shape index (κ2) is 9.67. The molecule has 4 rings (SSSR count). The van der Waals surface area contributed by atoms with E-state index in [0.717, 1.165) is 16.8 Å². The van der Waals surface area contributed by atoms with Gasteiger partial charge in [-0.2, -0.15) is 0 Å². The summed E-state index contributed by atoms with van der Waals surface area (Å²) in [6.45, 7) is 6.23. The summed E-state index contributed by atoms with van der Waals surface area (Å²) >= 11 is 0. The van der Waals surface area contributed by atoms with Crippen molar-refractivity contribution in [2.24, 2.45) is 0 Å². The summed E-state index contributed by atoms with van der Waals surface area (Å²) in [5, 5.41) is 0. The highest BCUT2D eigenvalue weighted by Gasteiger charge is 2.30. The quantitative estimate of drug-likeness (QED) is 0.557. The second-order valence-electron chi connectivity index (χ2n) is 8.30. The first-order valence-electron chi connectivity index (χ1n) is 11.1. The zero-order valence-electron chi connectivity index (χ0n) is 19.0. The molecule has 3 aromatic carbocycles. The van der Waals surface area contributed by atoms with Crippen LogP contribution in [0.25, 0.3) is 0 Å². The van der Waals surface area contributed by atoms with Crippen molar-refractivity contribution in [3.63, 3.8) is 0 Å². The summed E-state index contributed by atoms with van der Waals surface area (Å²) in [4.78, 5) is 17.4. The summed E-state index contributed by atoms with van der Waals surface area (Å²) in [5.41, 5.74) is 3.68. The number of rotatable bonds is 6. The first kappa shape index (κ1) is 22.9. The molecule has 1 aliphatic rings. The molecule has 0 saturated carbocycles. The SMILES string of the molecule is Cc1ccc(N(CC(=O)N2CCN(c3ccccc3)CC2)S(=O)(=O)c2ccccc2)cc1C. The number of anilines is 2. The van der Waals surface area contributed by atoms with E-state index in [1.807, 2.05) is 44.2 Å². The number of aryl methyl sites for hydroxylation is 2. The van der Waals surface area contributed by atoms with Crippen molar-refractivity contribution in [2.45, 2.75) is 18.7 Å². The van der Waals surface area contributed by atoms with Crippen LogP contribution in [0.4, 0.5) is 11.4 Å². The van der Waals surface area contributed by atoms with E-state index < -0.39 is 10.0 Å². The normalized spacial score (nSPS) is 14.2. The molecule has 0 radical (unpaired) electrons. The largest absolute Gasteiger partial charge is 0.368 e. The Labute approximate surface area is 196 Å². The fraction of sp³-hybridized carbons (Fsp3) is 0.269. The molecule has 6 nitrogen and oxygen atoms in total. The third-order valence-electron chi connectivity index (χ3n) is 6.14. The molecule has 0 bridgehead atoms. The Kier molecular flexibility index (Phi) is 6.70. The first-order chi connectivity index (χ1) is 15.9. The van der Waals surface area contributed by atoms with Gasteiger partial charge in [-0.1, -0.05) is 42.5 Å². The number of sulfonamides is 1. The van der Waals surface area contributed by atoms with Crippen molar-refractivity contribution < 1.29 is 13.2 Å². The lowest BCUT2D eigenvalue weighted by Gasteiger charge is -2.37. The van der Waals surface area contributed by atoms with E-state index in [4.69, 9.17) is 0 Å². The van der Waals surface area contributed by atoms with Crippen molar-refractivity contribution in [3.05, 3.63) is 90.0 Å². The number of hydrogen-bond acceptors (Lipinski definition) is 4. The summed E-state index contributed by atoms with van der Waals surface area (Å²) in [5.74, 6) is -0.194. The van der Waals surface area contributed by atoms with Gasteiger partial charge in [-0.3, -0.25) is 9.10 Å². The molecule has 172 valence electrons. The highest BCUT2D eigenvalue weighted by Crippen LogP contribution is 2.26. The van der Waals surface area contributed by atoms with Gasteiger partial charge in [0.25, 0.3) is 10.0 Å². The van der Waals surface area contributed by atoms with Crippen LogP contribution in [0.3, 0.4) is 0 Å².